The maximum Gasteiger partial charge on any atom is 0.406 e. The number of nitrogens with one attached hydrogen (secondary N) is 1. The lowest BCUT2D eigenvalue weighted by Gasteiger charge is -2.03. The standard InChI is InChI=1S/C10H8F2N2O3/c11-5-2-1-3-6(12)8(5)9-13-7(4-17-9)14-10(15)16/h1-3,7,14H,4H2,(H,15,16). The van der Waals surface area contributed by atoms with Gasteiger partial charge in [-0.25, -0.2) is 18.6 Å². The molecule has 0 spiro atoms. The summed E-state index contributed by atoms with van der Waals surface area (Å²) in [4.78, 5) is 14.1. The molecule has 0 saturated heterocycles. The van der Waals surface area contributed by atoms with E-state index in [1.165, 1.54) is 6.07 Å². The highest BCUT2D eigenvalue weighted by Gasteiger charge is 2.25. The van der Waals surface area contributed by atoms with Crippen LogP contribution in [0.5, 0.6) is 0 Å². The highest BCUT2D eigenvalue weighted by Crippen LogP contribution is 2.17. The summed E-state index contributed by atoms with van der Waals surface area (Å²) >= 11 is 0. The number of carbonyl (C=O) groups is 1. The molecular weight excluding hydrogens is 234 g/mol. The molecule has 0 radical (unpaired) electrons. The van der Waals surface area contributed by atoms with Crippen molar-refractivity contribution in [1.82, 2.24) is 5.32 Å². The second-order valence-corrected chi connectivity index (χ2v) is 3.31. The number of nitrogens with zero attached hydrogens (tertiary/aromatic N) is 1. The number of aliphatic imine (C=N–C) groups is 1. The van der Waals surface area contributed by atoms with Crippen LogP contribution in [0.3, 0.4) is 0 Å². The van der Waals surface area contributed by atoms with Gasteiger partial charge in [-0.15, -0.1) is 0 Å². The van der Waals surface area contributed by atoms with Crippen molar-refractivity contribution in [2.75, 3.05) is 6.61 Å². The van der Waals surface area contributed by atoms with Gasteiger partial charge in [0.05, 0.1) is 0 Å². The summed E-state index contributed by atoms with van der Waals surface area (Å²) in [5.41, 5.74) is -0.387. The molecule has 7 heteroatoms. The average Bonchev–Trinajstić information content (AvgIpc) is 2.65. The van der Waals surface area contributed by atoms with Gasteiger partial charge in [0.2, 0.25) is 5.90 Å². The molecule has 0 aliphatic carbocycles. The third kappa shape index (κ3) is 2.32. The lowest BCUT2D eigenvalue weighted by atomic mass is 10.2. The van der Waals surface area contributed by atoms with Gasteiger partial charge in [0.25, 0.3) is 0 Å². The second kappa shape index (κ2) is 4.36. The number of benzene rings is 1. The van der Waals surface area contributed by atoms with Crippen molar-refractivity contribution in [1.29, 1.82) is 0 Å². The van der Waals surface area contributed by atoms with Crippen molar-refractivity contribution in [3.8, 4) is 0 Å². The molecule has 17 heavy (non-hydrogen) atoms. The van der Waals surface area contributed by atoms with Crippen LogP contribution in [0.2, 0.25) is 0 Å². The predicted octanol–water partition coefficient (Wildman–Crippen LogP) is 1.34. The van der Waals surface area contributed by atoms with Gasteiger partial charge in [-0.05, 0) is 12.1 Å². The van der Waals surface area contributed by atoms with Gasteiger partial charge in [0, 0.05) is 0 Å². The number of hydrogen-bond donors (Lipinski definition) is 2. The van der Waals surface area contributed by atoms with E-state index in [1.807, 2.05) is 5.32 Å². The van der Waals surface area contributed by atoms with Crippen molar-refractivity contribution in [3.05, 3.63) is 35.4 Å². The minimum Gasteiger partial charge on any atom is -0.473 e. The highest BCUT2D eigenvalue weighted by atomic mass is 19.1. The van der Waals surface area contributed by atoms with Gasteiger partial charge in [0.15, 0.2) is 6.17 Å². The van der Waals surface area contributed by atoms with E-state index < -0.39 is 23.9 Å². The molecule has 5 nitrogen and oxygen atoms in total. The third-order valence-corrected chi connectivity index (χ3v) is 2.12. The summed E-state index contributed by atoms with van der Waals surface area (Å²) in [5.74, 6) is -1.85. The number of ether oxygens (including phenoxy) is 1. The molecule has 1 heterocycles. The quantitative estimate of drug-likeness (QED) is 0.821. The summed E-state index contributed by atoms with van der Waals surface area (Å²) in [5, 5.41) is 10.5. The fourth-order valence-electron chi connectivity index (χ4n) is 1.43. The Morgan fingerprint density at radius 3 is 2.71 bits per heavy atom. The molecular formula is C10H8F2N2O3. The van der Waals surface area contributed by atoms with Crippen LogP contribution >= 0.6 is 0 Å². The summed E-state index contributed by atoms with van der Waals surface area (Å²) in [7, 11) is 0. The van der Waals surface area contributed by atoms with Crippen LogP contribution in [0, 0.1) is 11.6 Å². The van der Waals surface area contributed by atoms with Crippen LogP contribution in [0.25, 0.3) is 0 Å². The van der Waals surface area contributed by atoms with Crippen LogP contribution < -0.4 is 5.32 Å². The maximum absolute atomic E-state index is 13.4. The molecule has 1 unspecified atom stereocenters. The van der Waals surface area contributed by atoms with E-state index in [1.54, 1.807) is 0 Å². The first kappa shape index (κ1) is 11.3. The van der Waals surface area contributed by atoms with E-state index in [2.05, 4.69) is 4.99 Å². The van der Waals surface area contributed by atoms with Gasteiger partial charge >= 0.3 is 6.09 Å². The molecule has 1 aromatic rings. The van der Waals surface area contributed by atoms with E-state index in [0.29, 0.717) is 0 Å². The second-order valence-electron chi connectivity index (χ2n) is 3.31. The Kier molecular flexibility index (Phi) is 2.90. The van der Waals surface area contributed by atoms with E-state index >= 15 is 0 Å². The fourth-order valence-corrected chi connectivity index (χ4v) is 1.43. The number of rotatable bonds is 2. The van der Waals surface area contributed by atoms with Crippen LogP contribution in [0.4, 0.5) is 13.6 Å². The first-order chi connectivity index (χ1) is 8.08. The normalized spacial score (nSPS) is 18.5. The lowest BCUT2D eigenvalue weighted by Crippen LogP contribution is -2.32. The zero-order valence-electron chi connectivity index (χ0n) is 8.48. The summed E-state index contributed by atoms with van der Waals surface area (Å²) in [6, 6.07) is 3.36. The number of amides is 1. The molecule has 1 amide bonds. The van der Waals surface area contributed by atoms with Crippen molar-refractivity contribution < 1.29 is 23.4 Å². The summed E-state index contributed by atoms with van der Waals surface area (Å²) in [6.45, 7) is -0.0879. The molecule has 1 aliphatic rings. The number of halogens is 2. The Morgan fingerprint density at radius 2 is 2.12 bits per heavy atom. The smallest absolute Gasteiger partial charge is 0.406 e. The van der Waals surface area contributed by atoms with Gasteiger partial charge < -0.3 is 9.84 Å². The number of hydrogen-bond acceptors (Lipinski definition) is 3. The Hall–Kier alpha value is -2.18. The minimum absolute atomic E-state index is 0.0879. The Bertz CT molecular complexity index is 470. The zero-order chi connectivity index (χ0) is 12.4. The SMILES string of the molecule is O=C(O)NC1COC(c2c(F)cccc2F)=N1. The van der Waals surface area contributed by atoms with Gasteiger partial charge in [-0.3, -0.25) is 5.32 Å². The van der Waals surface area contributed by atoms with Crippen LogP contribution in [-0.2, 0) is 4.74 Å². The van der Waals surface area contributed by atoms with Crippen molar-refractivity contribution in [2.24, 2.45) is 4.99 Å². The van der Waals surface area contributed by atoms with Crippen molar-refractivity contribution in [2.45, 2.75) is 6.17 Å². The van der Waals surface area contributed by atoms with Crippen LogP contribution in [-0.4, -0.2) is 29.9 Å². The van der Waals surface area contributed by atoms with E-state index in [4.69, 9.17) is 9.84 Å². The molecule has 2 rings (SSSR count). The first-order valence-electron chi connectivity index (χ1n) is 4.72. The highest BCUT2D eigenvalue weighted by molar-refractivity contribution is 5.95. The topological polar surface area (TPSA) is 70.9 Å². The largest absolute Gasteiger partial charge is 0.473 e. The van der Waals surface area contributed by atoms with Crippen LogP contribution in [0.1, 0.15) is 5.56 Å². The molecule has 1 aromatic carbocycles. The first-order valence-corrected chi connectivity index (χ1v) is 4.72. The lowest BCUT2D eigenvalue weighted by molar-refractivity contribution is 0.186. The van der Waals surface area contributed by atoms with E-state index in [0.717, 1.165) is 12.1 Å². The van der Waals surface area contributed by atoms with Crippen LogP contribution in [0.15, 0.2) is 23.2 Å². The molecule has 90 valence electrons. The van der Waals surface area contributed by atoms with E-state index in [-0.39, 0.29) is 18.1 Å². The summed E-state index contributed by atoms with van der Waals surface area (Å²) < 4.78 is 31.7. The molecule has 1 aliphatic heterocycles. The number of carboxylic acid groups (broad SMARTS) is 1. The minimum atomic E-state index is -1.28. The fraction of sp³-hybridized carbons (Fsp3) is 0.200. The molecule has 2 N–H and O–H groups in total. The summed E-state index contributed by atoms with van der Waals surface area (Å²) in [6.07, 6.45) is -2.13. The third-order valence-electron chi connectivity index (χ3n) is 2.12. The molecule has 0 fully saturated rings. The van der Waals surface area contributed by atoms with E-state index in [9.17, 15) is 13.6 Å². The average molecular weight is 242 g/mol. The Balaban J connectivity index is 2.27. The van der Waals surface area contributed by atoms with Gasteiger partial charge in [-0.2, -0.15) is 0 Å². The molecule has 0 bridgehead atoms. The van der Waals surface area contributed by atoms with Crippen molar-refractivity contribution >= 4 is 12.0 Å². The Morgan fingerprint density at radius 1 is 1.47 bits per heavy atom. The van der Waals surface area contributed by atoms with Gasteiger partial charge in [0.1, 0.15) is 23.8 Å². The van der Waals surface area contributed by atoms with Gasteiger partial charge in [-0.1, -0.05) is 6.07 Å². The zero-order valence-corrected chi connectivity index (χ0v) is 8.48. The molecule has 0 aromatic heterocycles. The molecule has 1 atom stereocenters. The monoisotopic (exact) mass is 242 g/mol. The predicted molar refractivity (Wildman–Crippen MR) is 53.8 cm³/mol. The molecule has 0 saturated carbocycles. The van der Waals surface area contributed by atoms with Crippen molar-refractivity contribution in [3.63, 3.8) is 0 Å². The Labute approximate surface area is 94.7 Å². The maximum atomic E-state index is 13.4.